The number of phenolic OH excluding ortho intramolecular Hbond substituents is 1. The van der Waals surface area contributed by atoms with Crippen LogP contribution in [0.5, 0.6) is 5.75 Å². The fourth-order valence-electron chi connectivity index (χ4n) is 2.71. The standard InChI is InChI=1S/C18H15Cl2F3N2O2/c19-12-7-11(17(26)15(20)8-12)10-24-16-2-1-13(9-14(16)18(21,22)23)25-3-5-27-6-4-25/h1-2,7-10,26H,3-6H2. The van der Waals surface area contributed by atoms with Crippen LogP contribution in [0.4, 0.5) is 24.5 Å². The highest BCUT2D eigenvalue weighted by Crippen LogP contribution is 2.39. The number of hydrogen-bond donors (Lipinski definition) is 1. The number of rotatable bonds is 3. The van der Waals surface area contributed by atoms with Crippen LogP contribution in [-0.2, 0) is 10.9 Å². The highest BCUT2D eigenvalue weighted by Gasteiger charge is 2.34. The molecule has 0 spiro atoms. The Kier molecular flexibility index (Phi) is 5.83. The second-order valence-corrected chi connectivity index (χ2v) is 6.73. The Morgan fingerprint density at radius 3 is 2.48 bits per heavy atom. The number of aliphatic imine (C=N–C) groups is 1. The zero-order valence-corrected chi connectivity index (χ0v) is 15.4. The number of phenols is 1. The molecule has 27 heavy (non-hydrogen) atoms. The lowest BCUT2D eigenvalue weighted by atomic mass is 10.1. The van der Waals surface area contributed by atoms with E-state index in [1.807, 2.05) is 4.90 Å². The van der Waals surface area contributed by atoms with Crippen molar-refractivity contribution in [3.63, 3.8) is 0 Å². The topological polar surface area (TPSA) is 45.1 Å². The number of ether oxygens (including phenoxy) is 1. The Bertz CT molecular complexity index is 866. The lowest BCUT2D eigenvalue weighted by Crippen LogP contribution is -2.36. The van der Waals surface area contributed by atoms with Crippen molar-refractivity contribution in [1.82, 2.24) is 0 Å². The van der Waals surface area contributed by atoms with Crippen LogP contribution in [0.3, 0.4) is 0 Å². The van der Waals surface area contributed by atoms with Crippen LogP contribution in [0.25, 0.3) is 0 Å². The maximum Gasteiger partial charge on any atom is 0.418 e. The first-order valence-electron chi connectivity index (χ1n) is 8.02. The number of anilines is 1. The molecular weight excluding hydrogens is 404 g/mol. The summed E-state index contributed by atoms with van der Waals surface area (Å²) < 4.78 is 45.8. The zero-order chi connectivity index (χ0) is 19.6. The van der Waals surface area contributed by atoms with E-state index in [-0.39, 0.29) is 27.0 Å². The van der Waals surface area contributed by atoms with Gasteiger partial charge < -0.3 is 14.7 Å². The van der Waals surface area contributed by atoms with E-state index in [9.17, 15) is 18.3 Å². The molecule has 1 aliphatic rings. The number of nitrogens with zero attached hydrogens (tertiary/aromatic N) is 2. The second kappa shape index (κ2) is 7.96. The van der Waals surface area contributed by atoms with Gasteiger partial charge >= 0.3 is 6.18 Å². The third-order valence-corrected chi connectivity index (χ3v) is 4.57. The average Bonchev–Trinajstić information content (AvgIpc) is 2.63. The summed E-state index contributed by atoms with van der Waals surface area (Å²) in [6, 6.07) is 6.64. The minimum absolute atomic E-state index is 0.0114. The van der Waals surface area contributed by atoms with Gasteiger partial charge in [-0.2, -0.15) is 13.2 Å². The van der Waals surface area contributed by atoms with Gasteiger partial charge in [0.2, 0.25) is 0 Å². The average molecular weight is 419 g/mol. The molecule has 1 fully saturated rings. The number of alkyl halides is 3. The molecule has 144 valence electrons. The Morgan fingerprint density at radius 1 is 1.11 bits per heavy atom. The molecule has 0 aromatic heterocycles. The smallest absolute Gasteiger partial charge is 0.418 e. The highest BCUT2D eigenvalue weighted by atomic mass is 35.5. The Hall–Kier alpha value is -1.96. The van der Waals surface area contributed by atoms with E-state index in [1.165, 1.54) is 18.2 Å². The molecule has 0 aliphatic carbocycles. The highest BCUT2D eigenvalue weighted by molar-refractivity contribution is 6.36. The number of halogens is 5. The predicted molar refractivity (Wildman–Crippen MR) is 99.9 cm³/mol. The van der Waals surface area contributed by atoms with E-state index >= 15 is 0 Å². The summed E-state index contributed by atoms with van der Waals surface area (Å²) in [5.41, 5.74) is -0.554. The molecule has 0 saturated carbocycles. The molecule has 1 aliphatic heterocycles. The van der Waals surface area contributed by atoms with Gasteiger partial charge in [-0.1, -0.05) is 23.2 Å². The number of aromatic hydroxyl groups is 1. The lowest BCUT2D eigenvalue weighted by molar-refractivity contribution is -0.137. The molecular formula is C18H15Cl2F3N2O2. The maximum absolute atomic E-state index is 13.5. The molecule has 9 heteroatoms. The van der Waals surface area contributed by atoms with E-state index < -0.39 is 11.7 Å². The summed E-state index contributed by atoms with van der Waals surface area (Å²) in [4.78, 5) is 5.73. The maximum atomic E-state index is 13.5. The molecule has 0 bridgehead atoms. The molecule has 0 atom stereocenters. The summed E-state index contributed by atoms with van der Waals surface area (Å²) >= 11 is 11.7. The van der Waals surface area contributed by atoms with Gasteiger partial charge in [0.1, 0.15) is 5.75 Å². The van der Waals surface area contributed by atoms with Crippen LogP contribution in [-0.4, -0.2) is 37.6 Å². The molecule has 0 radical (unpaired) electrons. The van der Waals surface area contributed by atoms with Gasteiger partial charge in [0.25, 0.3) is 0 Å². The van der Waals surface area contributed by atoms with Crippen molar-refractivity contribution >= 4 is 40.8 Å². The number of hydrogen-bond acceptors (Lipinski definition) is 4. The van der Waals surface area contributed by atoms with E-state index in [4.69, 9.17) is 27.9 Å². The fourth-order valence-corrected chi connectivity index (χ4v) is 3.21. The van der Waals surface area contributed by atoms with Gasteiger partial charge in [-0.3, -0.25) is 4.99 Å². The quantitative estimate of drug-likeness (QED) is 0.687. The first-order chi connectivity index (χ1) is 12.8. The molecule has 4 nitrogen and oxygen atoms in total. The van der Waals surface area contributed by atoms with Gasteiger partial charge in [-0.15, -0.1) is 0 Å². The van der Waals surface area contributed by atoms with Crippen molar-refractivity contribution in [2.24, 2.45) is 4.99 Å². The SMILES string of the molecule is Oc1c(Cl)cc(Cl)cc1C=Nc1ccc(N2CCOCC2)cc1C(F)(F)F. The second-order valence-electron chi connectivity index (χ2n) is 5.88. The van der Waals surface area contributed by atoms with Crippen molar-refractivity contribution in [3.05, 3.63) is 51.5 Å². The van der Waals surface area contributed by atoms with Gasteiger partial charge in [-0.25, -0.2) is 0 Å². The van der Waals surface area contributed by atoms with Crippen molar-refractivity contribution in [1.29, 1.82) is 0 Å². The van der Waals surface area contributed by atoms with Crippen LogP contribution in [0.1, 0.15) is 11.1 Å². The first kappa shape index (κ1) is 19.8. The summed E-state index contributed by atoms with van der Waals surface area (Å²) in [7, 11) is 0. The zero-order valence-electron chi connectivity index (χ0n) is 13.9. The predicted octanol–water partition coefficient (Wildman–Crippen LogP) is 5.31. The first-order valence-corrected chi connectivity index (χ1v) is 8.77. The Labute approximate surface area is 163 Å². The van der Waals surface area contributed by atoms with Crippen LogP contribution < -0.4 is 4.90 Å². The summed E-state index contributed by atoms with van der Waals surface area (Å²) in [5.74, 6) is -0.302. The van der Waals surface area contributed by atoms with E-state index in [2.05, 4.69) is 4.99 Å². The van der Waals surface area contributed by atoms with Crippen LogP contribution >= 0.6 is 23.2 Å². The Balaban J connectivity index is 1.97. The van der Waals surface area contributed by atoms with E-state index in [1.54, 1.807) is 6.07 Å². The van der Waals surface area contributed by atoms with Crippen molar-refractivity contribution in [3.8, 4) is 5.75 Å². The van der Waals surface area contributed by atoms with Gasteiger partial charge in [0.15, 0.2) is 0 Å². The monoisotopic (exact) mass is 418 g/mol. The van der Waals surface area contributed by atoms with Crippen molar-refractivity contribution in [2.45, 2.75) is 6.18 Å². The van der Waals surface area contributed by atoms with Crippen molar-refractivity contribution in [2.75, 3.05) is 31.2 Å². The van der Waals surface area contributed by atoms with Crippen LogP contribution in [0, 0.1) is 0 Å². The number of benzene rings is 2. The Morgan fingerprint density at radius 2 is 1.81 bits per heavy atom. The minimum atomic E-state index is -4.58. The summed E-state index contributed by atoms with van der Waals surface area (Å²) in [5, 5.41) is 10.1. The van der Waals surface area contributed by atoms with E-state index in [0.29, 0.717) is 32.0 Å². The molecule has 3 rings (SSSR count). The third kappa shape index (κ3) is 4.66. The van der Waals surface area contributed by atoms with E-state index in [0.717, 1.165) is 12.3 Å². The molecule has 0 unspecified atom stereocenters. The minimum Gasteiger partial charge on any atom is -0.506 e. The normalized spacial score (nSPS) is 15.5. The van der Waals surface area contributed by atoms with Crippen LogP contribution in [0.15, 0.2) is 35.3 Å². The van der Waals surface area contributed by atoms with Gasteiger partial charge in [-0.05, 0) is 30.3 Å². The lowest BCUT2D eigenvalue weighted by Gasteiger charge is -2.29. The largest absolute Gasteiger partial charge is 0.506 e. The molecule has 1 N–H and O–H groups in total. The summed E-state index contributed by atoms with van der Waals surface area (Å²) in [6.45, 7) is 1.98. The molecule has 1 heterocycles. The van der Waals surface area contributed by atoms with Crippen molar-refractivity contribution < 1.29 is 23.0 Å². The summed E-state index contributed by atoms with van der Waals surface area (Å²) in [6.07, 6.45) is -3.48. The number of morpholine rings is 1. The van der Waals surface area contributed by atoms with Gasteiger partial charge in [0, 0.05) is 35.6 Å². The molecule has 2 aromatic rings. The van der Waals surface area contributed by atoms with Crippen LogP contribution in [0.2, 0.25) is 10.0 Å². The molecule has 1 saturated heterocycles. The third-order valence-electron chi connectivity index (χ3n) is 4.06. The molecule has 0 amide bonds. The fraction of sp³-hybridized carbons (Fsp3) is 0.278. The van der Waals surface area contributed by atoms with Gasteiger partial charge in [0.05, 0.1) is 29.5 Å². The molecule has 2 aromatic carbocycles.